The first-order valence-electron chi connectivity index (χ1n) is 9.75. The molecular formula is C21H31ClN2O5. The van der Waals surface area contributed by atoms with Gasteiger partial charge < -0.3 is 19.1 Å². The van der Waals surface area contributed by atoms with Gasteiger partial charge in [0, 0.05) is 42.8 Å². The lowest BCUT2D eigenvalue weighted by atomic mass is 10.1. The topological polar surface area (TPSA) is 68.3 Å². The largest absolute Gasteiger partial charge is 0.479 e. The first-order chi connectivity index (χ1) is 13.5. The Balaban J connectivity index is 2.05. The fourth-order valence-corrected chi connectivity index (χ4v) is 3.40. The number of methoxy groups -OCH3 is 1. The molecule has 1 aromatic rings. The number of nitrogens with zero attached hydrogens (tertiary/aromatic N) is 2. The smallest absolute Gasteiger partial charge is 0.410 e. The van der Waals surface area contributed by atoms with Crippen LogP contribution in [0.25, 0.3) is 0 Å². The molecule has 1 aromatic carbocycles. The molecule has 0 aromatic heterocycles. The van der Waals surface area contributed by atoms with E-state index in [2.05, 4.69) is 4.90 Å². The summed E-state index contributed by atoms with van der Waals surface area (Å²) in [5.41, 5.74) is 0.364. The molecule has 1 aliphatic heterocycles. The Morgan fingerprint density at radius 2 is 1.97 bits per heavy atom. The van der Waals surface area contributed by atoms with Crippen LogP contribution in [0.2, 0.25) is 5.02 Å². The quantitative estimate of drug-likeness (QED) is 0.668. The van der Waals surface area contributed by atoms with Crippen LogP contribution in [0, 0.1) is 0 Å². The van der Waals surface area contributed by atoms with Crippen LogP contribution in [0.5, 0.6) is 5.75 Å². The minimum absolute atomic E-state index is 0.0103. The standard InChI is InChI=1S/C21H31ClN2O5/c1-14-12-23(9-10-24(14)20(26)29-21(3,4)5)13-16-11-17(22)7-8-18(16)28-15(2)19(25)27-6/h7-8,11,14-15H,9-10,12-13H2,1-6H3/t14-,15-/m0/s1. The number of rotatable bonds is 5. The normalized spacial score (nSPS) is 18.9. The summed E-state index contributed by atoms with van der Waals surface area (Å²) in [7, 11) is 1.33. The molecule has 2 atom stereocenters. The van der Waals surface area contributed by atoms with Gasteiger partial charge in [0.15, 0.2) is 6.10 Å². The van der Waals surface area contributed by atoms with Crippen LogP contribution in [-0.2, 0) is 20.8 Å². The number of piperazine rings is 1. The molecule has 7 nitrogen and oxygen atoms in total. The summed E-state index contributed by atoms with van der Waals surface area (Å²) in [5.74, 6) is 0.153. The molecule has 8 heteroatoms. The maximum absolute atomic E-state index is 12.4. The molecule has 0 bridgehead atoms. The van der Waals surface area contributed by atoms with Crippen LogP contribution >= 0.6 is 11.6 Å². The van der Waals surface area contributed by atoms with Gasteiger partial charge in [-0.15, -0.1) is 0 Å². The lowest BCUT2D eigenvalue weighted by Crippen LogP contribution is -2.54. The number of hydrogen-bond donors (Lipinski definition) is 0. The number of halogens is 1. The van der Waals surface area contributed by atoms with Gasteiger partial charge in [0.2, 0.25) is 0 Å². The second-order valence-corrected chi connectivity index (χ2v) is 8.73. The number of carbonyl (C=O) groups is 2. The maximum atomic E-state index is 12.4. The molecule has 0 aliphatic carbocycles. The van der Waals surface area contributed by atoms with Gasteiger partial charge in [-0.1, -0.05) is 11.6 Å². The Morgan fingerprint density at radius 1 is 1.28 bits per heavy atom. The van der Waals surface area contributed by atoms with Gasteiger partial charge in [-0.05, 0) is 52.8 Å². The minimum Gasteiger partial charge on any atom is -0.479 e. The van der Waals surface area contributed by atoms with Crippen molar-refractivity contribution in [3.63, 3.8) is 0 Å². The molecule has 1 aliphatic rings. The van der Waals surface area contributed by atoms with Gasteiger partial charge in [0.05, 0.1) is 7.11 Å². The fraction of sp³-hybridized carbons (Fsp3) is 0.619. The Morgan fingerprint density at radius 3 is 2.55 bits per heavy atom. The van der Waals surface area contributed by atoms with E-state index in [-0.39, 0.29) is 12.1 Å². The van der Waals surface area contributed by atoms with E-state index < -0.39 is 17.7 Å². The molecule has 2 rings (SSSR count). The summed E-state index contributed by atoms with van der Waals surface area (Å²) in [6, 6.07) is 5.34. The summed E-state index contributed by atoms with van der Waals surface area (Å²) < 4.78 is 16.0. The summed E-state index contributed by atoms with van der Waals surface area (Å²) in [6.07, 6.45) is -1.01. The van der Waals surface area contributed by atoms with Crippen LogP contribution in [0.15, 0.2) is 18.2 Å². The second-order valence-electron chi connectivity index (χ2n) is 8.29. The molecule has 0 spiro atoms. The number of ether oxygens (including phenoxy) is 3. The number of esters is 1. The summed E-state index contributed by atoms with van der Waals surface area (Å²) in [4.78, 5) is 28.1. The molecule has 0 radical (unpaired) electrons. The van der Waals surface area contributed by atoms with Crippen molar-refractivity contribution in [1.29, 1.82) is 0 Å². The molecule has 0 saturated carbocycles. The van der Waals surface area contributed by atoms with E-state index in [1.165, 1.54) is 7.11 Å². The van der Waals surface area contributed by atoms with Gasteiger partial charge >= 0.3 is 12.1 Å². The Kier molecular flexibility index (Phi) is 7.77. The average molecular weight is 427 g/mol. The predicted molar refractivity (Wildman–Crippen MR) is 111 cm³/mol. The van der Waals surface area contributed by atoms with Crippen molar-refractivity contribution in [3.05, 3.63) is 28.8 Å². The van der Waals surface area contributed by atoms with E-state index >= 15 is 0 Å². The Bertz CT molecular complexity index is 734. The summed E-state index contributed by atoms with van der Waals surface area (Å²) >= 11 is 6.18. The zero-order valence-electron chi connectivity index (χ0n) is 18.0. The zero-order chi connectivity index (χ0) is 21.8. The van der Waals surface area contributed by atoms with Crippen molar-refractivity contribution in [1.82, 2.24) is 9.80 Å². The van der Waals surface area contributed by atoms with Gasteiger partial charge in [0.25, 0.3) is 0 Å². The minimum atomic E-state index is -0.720. The van der Waals surface area contributed by atoms with Crippen LogP contribution < -0.4 is 4.74 Å². The number of amides is 1. The highest BCUT2D eigenvalue weighted by Crippen LogP contribution is 2.27. The monoisotopic (exact) mass is 426 g/mol. The van der Waals surface area contributed by atoms with E-state index in [0.717, 1.165) is 5.56 Å². The van der Waals surface area contributed by atoms with Gasteiger partial charge in [0.1, 0.15) is 11.4 Å². The molecule has 1 heterocycles. The molecule has 0 N–H and O–H groups in total. The van der Waals surface area contributed by atoms with E-state index in [1.54, 1.807) is 24.0 Å². The van der Waals surface area contributed by atoms with Crippen LogP contribution in [0.3, 0.4) is 0 Å². The Hall–Kier alpha value is -1.99. The van der Waals surface area contributed by atoms with Crippen molar-refractivity contribution in [2.45, 2.75) is 58.9 Å². The van der Waals surface area contributed by atoms with E-state index in [0.29, 0.717) is 37.0 Å². The zero-order valence-corrected chi connectivity index (χ0v) is 18.8. The van der Waals surface area contributed by atoms with Crippen molar-refractivity contribution < 1.29 is 23.8 Å². The van der Waals surface area contributed by atoms with E-state index in [1.807, 2.05) is 33.8 Å². The number of carbonyl (C=O) groups excluding carboxylic acids is 2. The maximum Gasteiger partial charge on any atom is 0.410 e. The third-order valence-corrected chi connectivity index (χ3v) is 4.83. The van der Waals surface area contributed by atoms with Crippen molar-refractivity contribution in [2.24, 2.45) is 0 Å². The van der Waals surface area contributed by atoms with E-state index in [9.17, 15) is 9.59 Å². The molecular weight excluding hydrogens is 396 g/mol. The average Bonchev–Trinajstić information content (AvgIpc) is 2.61. The van der Waals surface area contributed by atoms with Gasteiger partial charge in [-0.25, -0.2) is 9.59 Å². The summed E-state index contributed by atoms with van der Waals surface area (Å²) in [6.45, 7) is 11.8. The van der Waals surface area contributed by atoms with Crippen LogP contribution in [-0.4, -0.2) is 66.4 Å². The van der Waals surface area contributed by atoms with Crippen molar-refractivity contribution >= 4 is 23.7 Å². The van der Waals surface area contributed by atoms with Gasteiger partial charge in [-0.2, -0.15) is 0 Å². The van der Waals surface area contributed by atoms with Gasteiger partial charge in [-0.3, -0.25) is 4.90 Å². The molecule has 1 saturated heterocycles. The number of hydrogen-bond acceptors (Lipinski definition) is 6. The highest BCUT2D eigenvalue weighted by atomic mass is 35.5. The predicted octanol–water partition coefficient (Wildman–Crippen LogP) is 3.72. The van der Waals surface area contributed by atoms with E-state index in [4.69, 9.17) is 25.8 Å². The van der Waals surface area contributed by atoms with Crippen LogP contribution in [0.4, 0.5) is 4.79 Å². The number of benzene rings is 1. The van der Waals surface area contributed by atoms with Crippen molar-refractivity contribution in [2.75, 3.05) is 26.7 Å². The molecule has 29 heavy (non-hydrogen) atoms. The second kappa shape index (κ2) is 9.67. The lowest BCUT2D eigenvalue weighted by molar-refractivity contribution is -0.147. The molecule has 0 unspecified atom stereocenters. The summed E-state index contributed by atoms with van der Waals surface area (Å²) in [5, 5.41) is 0.596. The molecule has 162 valence electrons. The molecule has 1 fully saturated rings. The highest BCUT2D eigenvalue weighted by molar-refractivity contribution is 6.30. The van der Waals surface area contributed by atoms with Crippen LogP contribution in [0.1, 0.15) is 40.2 Å². The third-order valence-electron chi connectivity index (χ3n) is 4.59. The highest BCUT2D eigenvalue weighted by Gasteiger charge is 2.31. The van der Waals surface area contributed by atoms with Crippen molar-refractivity contribution in [3.8, 4) is 5.75 Å². The Labute approximate surface area is 177 Å². The third kappa shape index (κ3) is 6.78. The molecule has 1 amide bonds. The SMILES string of the molecule is COC(=O)[C@H](C)Oc1ccc(Cl)cc1CN1CCN(C(=O)OC(C)(C)C)[C@@H](C)C1. The first-order valence-corrected chi connectivity index (χ1v) is 10.1. The fourth-order valence-electron chi connectivity index (χ4n) is 3.20. The lowest BCUT2D eigenvalue weighted by Gasteiger charge is -2.40. The first kappa shape index (κ1) is 23.3.